The van der Waals surface area contributed by atoms with E-state index in [4.69, 9.17) is 5.10 Å². The van der Waals surface area contributed by atoms with Gasteiger partial charge in [-0.3, -0.25) is 4.40 Å². The van der Waals surface area contributed by atoms with Gasteiger partial charge in [0.15, 0.2) is 11.5 Å². The zero-order valence-electron chi connectivity index (χ0n) is 24.3. The molecule has 4 nitrogen and oxygen atoms in total. The Bertz CT molecular complexity index is 2230. The molecule has 0 radical (unpaired) electrons. The Balaban J connectivity index is 1.33. The smallest absolute Gasteiger partial charge is 0.169 e. The molecule has 8 rings (SSSR count). The van der Waals surface area contributed by atoms with Crippen LogP contribution in [0.2, 0.25) is 0 Å². The molecule has 204 valence electrons. The molecule has 0 aliphatic rings. The van der Waals surface area contributed by atoms with Gasteiger partial charge in [0.2, 0.25) is 0 Å². The Morgan fingerprint density at radius 3 is 1.69 bits per heavy atom. The molecule has 0 N–H and O–H groups in total. The Kier molecular flexibility index (Phi) is 5.48. The van der Waals surface area contributed by atoms with Crippen LogP contribution < -0.4 is 0 Å². The summed E-state index contributed by atoms with van der Waals surface area (Å²) in [6.07, 6.45) is 0. The highest BCUT2D eigenvalue weighted by Crippen LogP contribution is 2.37. The van der Waals surface area contributed by atoms with E-state index in [2.05, 4.69) is 151 Å². The molecule has 0 aliphatic heterocycles. The Hall–Kier alpha value is -4.96. The third kappa shape index (κ3) is 3.61. The minimum atomic E-state index is 0.478. The fourth-order valence-electron chi connectivity index (χ4n) is 6.50. The Labute approximate surface area is 244 Å². The van der Waals surface area contributed by atoms with Crippen molar-refractivity contribution in [2.45, 2.75) is 39.5 Å². The van der Waals surface area contributed by atoms with Crippen LogP contribution in [0.1, 0.15) is 50.7 Å². The highest BCUT2D eigenvalue weighted by atomic mass is 15.2. The van der Waals surface area contributed by atoms with Gasteiger partial charge in [0, 0.05) is 32.8 Å². The van der Waals surface area contributed by atoms with Crippen LogP contribution in [0.15, 0.2) is 109 Å². The second-order valence-electron chi connectivity index (χ2n) is 12.0. The summed E-state index contributed by atoms with van der Waals surface area (Å²) in [5.74, 6) is 1.81. The van der Waals surface area contributed by atoms with Crippen molar-refractivity contribution >= 4 is 49.1 Å². The molecule has 0 amide bonds. The normalized spacial score (nSPS) is 12.2. The molecular formula is C38H32N4. The van der Waals surface area contributed by atoms with Crippen LogP contribution in [0.25, 0.3) is 66.2 Å². The predicted molar refractivity (Wildman–Crippen MR) is 176 cm³/mol. The molecule has 3 aromatic heterocycles. The van der Waals surface area contributed by atoms with E-state index in [-0.39, 0.29) is 0 Å². The number of nitrogens with zero attached hydrogens (tertiary/aromatic N) is 4. The van der Waals surface area contributed by atoms with Gasteiger partial charge in [0.05, 0.1) is 16.6 Å². The molecule has 5 aromatic carbocycles. The molecule has 0 unspecified atom stereocenters. The highest BCUT2D eigenvalue weighted by molar-refractivity contribution is 6.12. The highest BCUT2D eigenvalue weighted by Gasteiger charge is 2.18. The lowest BCUT2D eigenvalue weighted by Gasteiger charge is -2.11. The molecular weight excluding hydrogens is 512 g/mol. The fraction of sp³-hybridized carbons (Fsp3) is 0.158. The summed E-state index contributed by atoms with van der Waals surface area (Å²) in [6, 6.07) is 39.7. The lowest BCUT2D eigenvalue weighted by atomic mass is 9.98. The van der Waals surface area contributed by atoms with Crippen molar-refractivity contribution in [2.75, 3.05) is 0 Å². The molecule has 0 fully saturated rings. The molecule has 0 bridgehead atoms. The van der Waals surface area contributed by atoms with Crippen molar-refractivity contribution in [1.29, 1.82) is 0 Å². The summed E-state index contributed by atoms with van der Waals surface area (Å²) in [5.41, 5.74) is 9.36. The van der Waals surface area contributed by atoms with Crippen LogP contribution in [0, 0.1) is 0 Å². The number of hydrogen-bond donors (Lipinski definition) is 0. The Morgan fingerprint density at radius 1 is 0.500 bits per heavy atom. The van der Waals surface area contributed by atoms with Crippen LogP contribution in [-0.2, 0) is 0 Å². The van der Waals surface area contributed by atoms with Crippen LogP contribution in [-0.4, -0.2) is 19.2 Å². The molecule has 0 saturated carbocycles. The number of pyridine rings is 1. The zero-order valence-corrected chi connectivity index (χ0v) is 24.3. The van der Waals surface area contributed by atoms with Crippen LogP contribution in [0.3, 0.4) is 0 Å². The van der Waals surface area contributed by atoms with Crippen molar-refractivity contribution in [3.8, 4) is 17.1 Å². The number of rotatable bonds is 4. The number of benzene rings is 5. The number of para-hydroxylation sites is 1. The Morgan fingerprint density at radius 2 is 1.07 bits per heavy atom. The van der Waals surface area contributed by atoms with Gasteiger partial charge in [-0.2, -0.15) is 0 Å². The van der Waals surface area contributed by atoms with E-state index in [1.54, 1.807) is 0 Å². The van der Waals surface area contributed by atoms with Gasteiger partial charge in [-0.1, -0.05) is 82.3 Å². The minimum absolute atomic E-state index is 0.478. The first-order valence-corrected chi connectivity index (χ1v) is 14.8. The maximum atomic E-state index is 4.72. The van der Waals surface area contributed by atoms with Crippen LogP contribution >= 0.6 is 0 Å². The summed E-state index contributed by atoms with van der Waals surface area (Å²) < 4.78 is 4.60. The third-order valence-corrected chi connectivity index (χ3v) is 8.80. The largest absolute Gasteiger partial charge is 0.309 e. The molecule has 42 heavy (non-hydrogen) atoms. The van der Waals surface area contributed by atoms with Gasteiger partial charge in [-0.25, -0.2) is 0 Å². The molecule has 0 spiro atoms. The quantitative estimate of drug-likeness (QED) is 0.207. The van der Waals surface area contributed by atoms with Crippen molar-refractivity contribution < 1.29 is 0 Å². The summed E-state index contributed by atoms with van der Waals surface area (Å²) >= 11 is 0. The van der Waals surface area contributed by atoms with E-state index in [0.29, 0.717) is 11.8 Å². The summed E-state index contributed by atoms with van der Waals surface area (Å²) in [4.78, 5) is 0. The van der Waals surface area contributed by atoms with E-state index in [9.17, 15) is 0 Å². The summed E-state index contributed by atoms with van der Waals surface area (Å²) in [7, 11) is 0. The van der Waals surface area contributed by atoms with Crippen molar-refractivity contribution in [2.24, 2.45) is 0 Å². The number of aromatic nitrogens is 4. The average molecular weight is 545 g/mol. The third-order valence-electron chi connectivity index (χ3n) is 8.80. The lowest BCUT2D eigenvalue weighted by molar-refractivity contribution is 0.868. The minimum Gasteiger partial charge on any atom is -0.309 e. The molecule has 0 atom stereocenters. The molecule has 4 heteroatoms. The van der Waals surface area contributed by atoms with Crippen LogP contribution in [0.4, 0.5) is 0 Å². The first kappa shape index (κ1) is 24.8. The summed E-state index contributed by atoms with van der Waals surface area (Å²) in [6.45, 7) is 9.05. The first-order valence-electron chi connectivity index (χ1n) is 14.8. The van der Waals surface area contributed by atoms with Gasteiger partial charge in [-0.15, -0.1) is 10.2 Å². The van der Waals surface area contributed by atoms with Crippen molar-refractivity contribution in [3.63, 3.8) is 0 Å². The monoisotopic (exact) mass is 544 g/mol. The maximum absolute atomic E-state index is 4.72. The van der Waals surface area contributed by atoms with Crippen molar-refractivity contribution in [3.05, 3.63) is 120 Å². The second-order valence-corrected chi connectivity index (χ2v) is 12.0. The van der Waals surface area contributed by atoms with Gasteiger partial charge < -0.3 is 4.57 Å². The van der Waals surface area contributed by atoms with Gasteiger partial charge >= 0.3 is 0 Å². The van der Waals surface area contributed by atoms with E-state index >= 15 is 0 Å². The molecule has 8 aromatic rings. The average Bonchev–Trinajstić information content (AvgIpc) is 3.61. The lowest BCUT2D eigenvalue weighted by Crippen LogP contribution is -1.96. The topological polar surface area (TPSA) is 35.1 Å². The zero-order chi connectivity index (χ0) is 28.5. The first-order chi connectivity index (χ1) is 20.5. The standard InChI is InChI=1S/C38H32N4/c1-23(2)26-15-19-35-32(21-26)33-22-27(24(3)4)16-20-36(33)41(35)28-17-13-25(14-18-28)37-39-40-38-31-11-6-5-9-29(31)30-10-7-8-12-34(30)42(37)38/h5-24H,1-4H3. The molecule has 0 aliphatic carbocycles. The number of fused-ring (bicyclic) bond motifs is 9. The van der Waals surface area contributed by atoms with E-state index in [1.165, 1.54) is 43.7 Å². The molecule has 0 saturated heterocycles. The van der Waals surface area contributed by atoms with Crippen LogP contribution in [0.5, 0.6) is 0 Å². The van der Waals surface area contributed by atoms with Gasteiger partial charge in [-0.05, 0) is 82.9 Å². The van der Waals surface area contributed by atoms with E-state index in [0.717, 1.165) is 33.6 Å². The predicted octanol–water partition coefficient (Wildman–Crippen LogP) is 10.0. The van der Waals surface area contributed by atoms with Gasteiger partial charge in [0.1, 0.15) is 0 Å². The molecule has 3 heterocycles. The SMILES string of the molecule is CC(C)c1ccc2c(c1)c1cc(C(C)C)ccc1n2-c1ccc(-c2nnc3c4ccccc4c4ccccc4n23)cc1. The second kappa shape index (κ2) is 9.28. The fourth-order valence-corrected chi connectivity index (χ4v) is 6.50. The van der Waals surface area contributed by atoms with E-state index < -0.39 is 0 Å². The van der Waals surface area contributed by atoms with Crippen molar-refractivity contribution in [1.82, 2.24) is 19.2 Å². The maximum Gasteiger partial charge on any atom is 0.169 e. The number of hydrogen-bond acceptors (Lipinski definition) is 2. The van der Waals surface area contributed by atoms with E-state index in [1.807, 2.05) is 0 Å². The summed E-state index contributed by atoms with van der Waals surface area (Å²) in [5, 5.41) is 15.5. The van der Waals surface area contributed by atoms with Gasteiger partial charge in [0.25, 0.3) is 0 Å².